The lowest BCUT2D eigenvalue weighted by Crippen LogP contribution is -2.42. The van der Waals surface area contributed by atoms with Crippen molar-refractivity contribution >= 4 is 23.2 Å². The summed E-state index contributed by atoms with van der Waals surface area (Å²) in [7, 11) is 0. The van der Waals surface area contributed by atoms with E-state index in [1.165, 1.54) is 5.56 Å². The molecule has 2 aromatic rings. The lowest BCUT2D eigenvalue weighted by Gasteiger charge is -2.35. The number of nitrogens with zero attached hydrogens (tertiary/aromatic N) is 2. The summed E-state index contributed by atoms with van der Waals surface area (Å²) < 4.78 is 0. The summed E-state index contributed by atoms with van der Waals surface area (Å²) in [6.45, 7) is 2.07. The number of aromatic nitrogens is 1. The van der Waals surface area contributed by atoms with Gasteiger partial charge in [-0.15, -0.1) is 0 Å². The predicted octanol–water partition coefficient (Wildman–Crippen LogP) is 3.72. The van der Waals surface area contributed by atoms with E-state index in [1.54, 1.807) is 18.3 Å². The van der Waals surface area contributed by atoms with Crippen LogP contribution in [0.3, 0.4) is 0 Å². The third-order valence-electron chi connectivity index (χ3n) is 3.73. The SMILES string of the molecule is CC1CCc2ccccc2N1C(=O)c1cccnc1Cl. The van der Waals surface area contributed by atoms with Gasteiger partial charge in [-0.1, -0.05) is 29.8 Å². The van der Waals surface area contributed by atoms with Crippen molar-refractivity contribution in [1.82, 2.24) is 4.98 Å². The summed E-state index contributed by atoms with van der Waals surface area (Å²) in [5, 5.41) is 0.257. The quantitative estimate of drug-likeness (QED) is 0.749. The Balaban J connectivity index is 2.05. The molecule has 1 aliphatic heterocycles. The number of benzene rings is 1. The van der Waals surface area contributed by atoms with Gasteiger partial charge in [0.2, 0.25) is 0 Å². The first-order valence-electron chi connectivity index (χ1n) is 6.70. The molecule has 0 radical (unpaired) electrons. The minimum absolute atomic E-state index is 0.0808. The topological polar surface area (TPSA) is 33.2 Å². The average Bonchev–Trinajstić information content (AvgIpc) is 2.47. The van der Waals surface area contributed by atoms with Crippen molar-refractivity contribution in [3.8, 4) is 0 Å². The molecule has 1 unspecified atom stereocenters. The number of amides is 1. The van der Waals surface area contributed by atoms with E-state index in [9.17, 15) is 4.79 Å². The van der Waals surface area contributed by atoms with E-state index in [1.807, 2.05) is 23.1 Å². The lowest BCUT2D eigenvalue weighted by atomic mass is 9.96. The van der Waals surface area contributed by atoms with E-state index in [0.717, 1.165) is 18.5 Å². The van der Waals surface area contributed by atoms with Crippen LogP contribution in [0.25, 0.3) is 0 Å². The first-order valence-corrected chi connectivity index (χ1v) is 7.08. The highest BCUT2D eigenvalue weighted by Crippen LogP contribution is 2.32. The minimum Gasteiger partial charge on any atom is -0.305 e. The maximum atomic E-state index is 12.8. The van der Waals surface area contributed by atoms with Crippen molar-refractivity contribution in [2.24, 2.45) is 0 Å². The number of fused-ring (bicyclic) bond motifs is 1. The molecule has 0 saturated heterocycles. The monoisotopic (exact) mass is 286 g/mol. The van der Waals surface area contributed by atoms with E-state index in [0.29, 0.717) is 5.56 Å². The van der Waals surface area contributed by atoms with Crippen LogP contribution in [0.1, 0.15) is 29.3 Å². The van der Waals surface area contributed by atoms with Crippen molar-refractivity contribution in [1.29, 1.82) is 0 Å². The molecule has 3 nitrogen and oxygen atoms in total. The number of halogens is 1. The molecule has 0 fully saturated rings. The molecule has 0 spiro atoms. The first-order chi connectivity index (χ1) is 9.68. The molecule has 1 amide bonds. The van der Waals surface area contributed by atoms with E-state index >= 15 is 0 Å². The first kappa shape index (κ1) is 13.1. The number of rotatable bonds is 1. The molecular weight excluding hydrogens is 272 g/mol. The van der Waals surface area contributed by atoms with E-state index in [2.05, 4.69) is 18.0 Å². The summed E-state index contributed by atoms with van der Waals surface area (Å²) in [5.74, 6) is -0.0808. The zero-order valence-electron chi connectivity index (χ0n) is 11.2. The predicted molar refractivity (Wildman–Crippen MR) is 80.3 cm³/mol. The molecule has 1 atom stereocenters. The Kier molecular flexibility index (Phi) is 3.45. The van der Waals surface area contributed by atoms with E-state index in [4.69, 9.17) is 11.6 Å². The van der Waals surface area contributed by atoms with Crippen LogP contribution in [0.15, 0.2) is 42.6 Å². The van der Waals surface area contributed by atoms with Crippen LogP contribution in [-0.2, 0) is 6.42 Å². The van der Waals surface area contributed by atoms with Crippen LogP contribution in [0.5, 0.6) is 0 Å². The Labute approximate surface area is 123 Å². The molecule has 0 N–H and O–H groups in total. The van der Waals surface area contributed by atoms with Gasteiger partial charge in [0, 0.05) is 17.9 Å². The number of pyridine rings is 1. The molecule has 2 heterocycles. The van der Waals surface area contributed by atoms with Gasteiger partial charge in [-0.05, 0) is 43.5 Å². The molecule has 0 bridgehead atoms. The molecule has 1 aromatic heterocycles. The van der Waals surface area contributed by atoms with Gasteiger partial charge in [-0.3, -0.25) is 4.79 Å². The van der Waals surface area contributed by atoms with Crippen molar-refractivity contribution in [3.63, 3.8) is 0 Å². The molecule has 20 heavy (non-hydrogen) atoms. The third kappa shape index (κ3) is 2.18. The smallest absolute Gasteiger partial charge is 0.261 e. The number of aryl methyl sites for hydroxylation is 1. The van der Waals surface area contributed by atoms with E-state index < -0.39 is 0 Å². The second kappa shape index (κ2) is 5.25. The lowest BCUT2D eigenvalue weighted by molar-refractivity contribution is 0.0975. The minimum atomic E-state index is -0.0808. The van der Waals surface area contributed by atoms with Gasteiger partial charge in [-0.25, -0.2) is 4.98 Å². The van der Waals surface area contributed by atoms with Gasteiger partial charge in [0.05, 0.1) is 5.56 Å². The maximum Gasteiger partial charge on any atom is 0.261 e. The summed E-state index contributed by atoms with van der Waals surface area (Å²) in [6.07, 6.45) is 3.55. The Morgan fingerprint density at radius 3 is 2.90 bits per heavy atom. The average molecular weight is 287 g/mol. The highest BCUT2D eigenvalue weighted by Gasteiger charge is 2.29. The van der Waals surface area contributed by atoms with Crippen LogP contribution in [0.2, 0.25) is 5.15 Å². The fourth-order valence-electron chi connectivity index (χ4n) is 2.67. The van der Waals surface area contributed by atoms with Crippen molar-refractivity contribution in [3.05, 3.63) is 58.9 Å². The van der Waals surface area contributed by atoms with Crippen LogP contribution in [0, 0.1) is 0 Å². The Bertz CT molecular complexity index is 656. The maximum absolute atomic E-state index is 12.8. The third-order valence-corrected chi connectivity index (χ3v) is 4.03. The standard InChI is InChI=1S/C16H15ClN2O/c1-11-8-9-12-5-2-3-7-14(12)19(11)16(20)13-6-4-10-18-15(13)17/h2-7,10-11H,8-9H2,1H3. The Hall–Kier alpha value is -1.87. The number of carbonyl (C=O) groups is 1. The number of anilines is 1. The number of para-hydroxylation sites is 1. The number of hydrogen-bond donors (Lipinski definition) is 0. The van der Waals surface area contributed by atoms with Gasteiger partial charge < -0.3 is 4.90 Å². The largest absolute Gasteiger partial charge is 0.305 e. The van der Waals surface area contributed by atoms with E-state index in [-0.39, 0.29) is 17.1 Å². The van der Waals surface area contributed by atoms with Crippen molar-refractivity contribution < 1.29 is 4.79 Å². The van der Waals surface area contributed by atoms with Crippen molar-refractivity contribution in [2.75, 3.05) is 4.90 Å². The second-order valence-electron chi connectivity index (χ2n) is 5.03. The van der Waals surface area contributed by atoms with Crippen LogP contribution < -0.4 is 4.90 Å². The highest BCUT2D eigenvalue weighted by atomic mass is 35.5. The van der Waals surface area contributed by atoms with Crippen molar-refractivity contribution in [2.45, 2.75) is 25.8 Å². The summed E-state index contributed by atoms with van der Waals surface area (Å²) in [4.78, 5) is 18.6. The Morgan fingerprint density at radius 2 is 2.10 bits per heavy atom. The fraction of sp³-hybridized carbons (Fsp3) is 0.250. The van der Waals surface area contributed by atoms with Gasteiger partial charge in [0.1, 0.15) is 5.15 Å². The van der Waals surface area contributed by atoms with Crippen LogP contribution in [0.4, 0.5) is 5.69 Å². The molecule has 0 saturated carbocycles. The molecule has 0 aliphatic carbocycles. The Morgan fingerprint density at radius 1 is 1.30 bits per heavy atom. The zero-order chi connectivity index (χ0) is 14.1. The van der Waals surface area contributed by atoms with Gasteiger partial charge >= 0.3 is 0 Å². The number of hydrogen-bond acceptors (Lipinski definition) is 2. The zero-order valence-corrected chi connectivity index (χ0v) is 12.0. The second-order valence-corrected chi connectivity index (χ2v) is 5.39. The summed E-state index contributed by atoms with van der Waals surface area (Å²) in [6, 6.07) is 11.7. The van der Waals surface area contributed by atoms with Crippen LogP contribution >= 0.6 is 11.6 Å². The molecule has 3 rings (SSSR count). The molecule has 1 aromatic carbocycles. The normalized spacial score (nSPS) is 17.7. The molecule has 1 aliphatic rings. The molecular formula is C16H15ClN2O. The van der Waals surface area contributed by atoms with Gasteiger partial charge in [0.25, 0.3) is 5.91 Å². The molecule has 4 heteroatoms. The summed E-state index contributed by atoms with van der Waals surface area (Å²) >= 11 is 6.05. The fourth-order valence-corrected chi connectivity index (χ4v) is 2.87. The molecule has 102 valence electrons. The summed E-state index contributed by atoms with van der Waals surface area (Å²) in [5.41, 5.74) is 2.65. The highest BCUT2D eigenvalue weighted by molar-refractivity contribution is 6.33. The number of carbonyl (C=O) groups excluding carboxylic acids is 1. The van der Waals surface area contributed by atoms with Gasteiger partial charge in [-0.2, -0.15) is 0 Å². The van der Waals surface area contributed by atoms with Gasteiger partial charge in [0.15, 0.2) is 0 Å². The van der Waals surface area contributed by atoms with Crippen LogP contribution in [-0.4, -0.2) is 16.9 Å².